The average molecular weight is 308 g/mol. The Labute approximate surface area is 134 Å². The topological polar surface area (TPSA) is 52.7 Å². The fraction of sp³-hybridized carbons (Fsp3) is 0.389. The lowest BCUT2D eigenvalue weighted by molar-refractivity contribution is 0.561. The van der Waals surface area contributed by atoms with Crippen LogP contribution in [0.2, 0.25) is 0 Å². The van der Waals surface area contributed by atoms with Gasteiger partial charge in [-0.2, -0.15) is 10.2 Å². The monoisotopic (exact) mass is 308 g/mol. The van der Waals surface area contributed by atoms with E-state index < -0.39 is 0 Å². The number of para-hydroxylation sites is 1. The van der Waals surface area contributed by atoms with Crippen LogP contribution in [0.1, 0.15) is 43.4 Å². The molecule has 1 aliphatic carbocycles. The number of aromatic nitrogens is 4. The lowest BCUT2D eigenvalue weighted by Gasteiger charge is -2.10. The average Bonchev–Trinajstić information content (AvgIpc) is 3.29. The molecule has 2 heterocycles. The van der Waals surface area contributed by atoms with Crippen LogP contribution in [0, 0.1) is 6.92 Å². The number of aryl methyl sites for hydroxylation is 2. The van der Waals surface area contributed by atoms with E-state index in [2.05, 4.69) is 17.1 Å². The second-order valence-corrected chi connectivity index (χ2v) is 6.29. The van der Waals surface area contributed by atoms with Gasteiger partial charge in [-0.3, -0.25) is 4.79 Å². The molecule has 0 N–H and O–H groups in total. The molecule has 5 nitrogen and oxygen atoms in total. The molecule has 2 aromatic heterocycles. The summed E-state index contributed by atoms with van der Waals surface area (Å²) < 4.78 is 3.40. The van der Waals surface area contributed by atoms with Crippen LogP contribution in [0.4, 0.5) is 0 Å². The third kappa shape index (κ3) is 2.27. The molecule has 3 aromatic rings. The number of hydrogen-bond acceptors (Lipinski definition) is 3. The number of hydrogen-bond donors (Lipinski definition) is 0. The molecule has 0 bridgehead atoms. The van der Waals surface area contributed by atoms with E-state index in [0.29, 0.717) is 18.0 Å². The van der Waals surface area contributed by atoms with Gasteiger partial charge in [0.15, 0.2) is 0 Å². The summed E-state index contributed by atoms with van der Waals surface area (Å²) >= 11 is 0. The van der Waals surface area contributed by atoms with Gasteiger partial charge in [0, 0.05) is 17.8 Å². The zero-order valence-electron chi connectivity index (χ0n) is 13.5. The summed E-state index contributed by atoms with van der Waals surface area (Å²) in [6, 6.07) is 8.01. The highest BCUT2D eigenvalue weighted by atomic mass is 16.1. The Morgan fingerprint density at radius 1 is 1.26 bits per heavy atom. The van der Waals surface area contributed by atoms with E-state index in [9.17, 15) is 4.79 Å². The van der Waals surface area contributed by atoms with Crippen molar-refractivity contribution in [2.45, 2.75) is 45.6 Å². The summed E-state index contributed by atoms with van der Waals surface area (Å²) in [5.74, 6) is 0.482. The molecule has 1 fully saturated rings. The lowest BCUT2D eigenvalue weighted by atomic mass is 10.2. The van der Waals surface area contributed by atoms with Crippen molar-refractivity contribution in [1.29, 1.82) is 0 Å². The Kier molecular flexibility index (Phi) is 3.29. The van der Waals surface area contributed by atoms with Gasteiger partial charge in [0.25, 0.3) is 5.56 Å². The fourth-order valence-corrected chi connectivity index (χ4v) is 3.10. The lowest BCUT2D eigenvalue weighted by Crippen LogP contribution is -2.26. The molecule has 0 radical (unpaired) electrons. The van der Waals surface area contributed by atoms with Gasteiger partial charge in [-0.1, -0.05) is 25.1 Å². The van der Waals surface area contributed by atoms with Gasteiger partial charge < -0.3 is 0 Å². The minimum atomic E-state index is -0.0491. The van der Waals surface area contributed by atoms with Crippen LogP contribution in [0.15, 0.2) is 35.3 Å². The maximum Gasteiger partial charge on any atom is 0.293 e. The maximum absolute atomic E-state index is 12.9. The van der Waals surface area contributed by atoms with E-state index in [-0.39, 0.29) is 5.56 Å². The molecule has 4 rings (SSSR count). The van der Waals surface area contributed by atoms with Crippen molar-refractivity contribution in [3.63, 3.8) is 0 Å². The quantitative estimate of drug-likeness (QED) is 0.744. The molecule has 0 aliphatic heterocycles. The molecule has 0 amide bonds. The summed E-state index contributed by atoms with van der Waals surface area (Å²) in [5.41, 5.74) is 3.70. The Hall–Kier alpha value is -2.43. The van der Waals surface area contributed by atoms with Gasteiger partial charge >= 0.3 is 0 Å². The SMILES string of the molecule is CCCn1nc(C2CC2)c2cnn(-c3ccccc3C)c2c1=O. The highest BCUT2D eigenvalue weighted by Crippen LogP contribution is 2.41. The smallest absolute Gasteiger partial charge is 0.265 e. The van der Waals surface area contributed by atoms with E-state index in [1.165, 1.54) is 0 Å². The van der Waals surface area contributed by atoms with E-state index in [1.54, 1.807) is 15.6 Å². The zero-order valence-corrected chi connectivity index (χ0v) is 13.5. The van der Waals surface area contributed by atoms with Crippen molar-refractivity contribution < 1.29 is 0 Å². The first kappa shape index (κ1) is 14.2. The second-order valence-electron chi connectivity index (χ2n) is 6.29. The van der Waals surface area contributed by atoms with Gasteiger partial charge in [-0.15, -0.1) is 0 Å². The highest BCUT2D eigenvalue weighted by Gasteiger charge is 2.30. The van der Waals surface area contributed by atoms with Crippen LogP contribution < -0.4 is 5.56 Å². The number of nitrogens with zero attached hydrogens (tertiary/aromatic N) is 4. The Morgan fingerprint density at radius 2 is 2.04 bits per heavy atom. The van der Waals surface area contributed by atoms with Crippen molar-refractivity contribution >= 4 is 10.9 Å². The van der Waals surface area contributed by atoms with Gasteiger partial charge in [0.2, 0.25) is 0 Å². The molecule has 0 spiro atoms. The van der Waals surface area contributed by atoms with Crippen molar-refractivity contribution in [1.82, 2.24) is 19.6 Å². The Balaban J connectivity index is 2.04. The molecule has 23 heavy (non-hydrogen) atoms. The molecule has 1 aliphatic rings. The molecular weight excluding hydrogens is 288 g/mol. The molecule has 1 aromatic carbocycles. The van der Waals surface area contributed by atoms with Gasteiger partial charge in [0.1, 0.15) is 5.52 Å². The Bertz CT molecular complexity index is 934. The highest BCUT2D eigenvalue weighted by molar-refractivity contribution is 5.82. The van der Waals surface area contributed by atoms with Crippen molar-refractivity contribution in [2.24, 2.45) is 0 Å². The predicted octanol–water partition coefficient (Wildman–Crippen LogP) is 3.18. The van der Waals surface area contributed by atoms with Crippen LogP contribution >= 0.6 is 0 Å². The first-order valence-electron chi connectivity index (χ1n) is 8.25. The van der Waals surface area contributed by atoms with E-state index in [0.717, 1.165) is 41.6 Å². The van der Waals surface area contributed by atoms with Crippen LogP contribution in [0.5, 0.6) is 0 Å². The molecule has 5 heteroatoms. The summed E-state index contributed by atoms with van der Waals surface area (Å²) in [7, 11) is 0. The number of fused-ring (bicyclic) bond motifs is 1. The molecular formula is C18H20N4O. The number of benzene rings is 1. The first-order valence-corrected chi connectivity index (χ1v) is 8.25. The predicted molar refractivity (Wildman–Crippen MR) is 90.1 cm³/mol. The summed E-state index contributed by atoms with van der Waals surface area (Å²) in [6.07, 6.45) is 5.01. The van der Waals surface area contributed by atoms with Crippen LogP contribution in [-0.4, -0.2) is 19.6 Å². The number of rotatable bonds is 4. The van der Waals surface area contributed by atoms with E-state index in [4.69, 9.17) is 0 Å². The van der Waals surface area contributed by atoms with Crippen LogP contribution in [-0.2, 0) is 6.54 Å². The van der Waals surface area contributed by atoms with Crippen LogP contribution in [0.25, 0.3) is 16.6 Å². The van der Waals surface area contributed by atoms with Crippen molar-refractivity contribution in [2.75, 3.05) is 0 Å². The fourth-order valence-electron chi connectivity index (χ4n) is 3.10. The third-order valence-corrected chi connectivity index (χ3v) is 4.45. The molecule has 1 saturated carbocycles. The van der Waals surface area contributed by atoms with Crippen molar-refractivity contribution in [3.05, 3.63) is 52.1 Å². The molecule has 0 saturated heterocycles. The van der Waals surface area contributed by atoms with Gasteiger partial charge in [-0.25, -0.2) is 9.36 Å². The zero-order chi connectivity index (χ0) is 16.0. The van der Waals surface area contributed by atoms with Gasteiger partial charge in [-0.05, 0) is 37.8 Å². The minimum absolute atomic E-state index is 0.0491. The largest absolute Gasteiger partial charge is 0.293 e. The Morgan fingerprint density at radius 3 is 2.74 bits per heavy atom. The normalized spacial score (nSPS) is 14.5. The third-order valence-electron chi connectivity index (χ3n) is 4.45. The molecule has 0 atom stereocenters. The standard InChI is InChI=1S/C18H20N4O/c1-3-10-21-18(23)17-14(16(20-21)13-8-9-13)11-19-22(17)15-7-5-4-6-12(15)2/h4-7,11,13H,3,8-10H2,1-2H3. The molecule has 0 unspecified atom stereocenters. The van der Waals surface area contributed by atoms with Crippen molar-refractivity contribution in [3.8, 4) is 5.69 Å². The van der Waals surface area contributed by atoms with E-state index >= 15 is 0 Å². The maximum atomic E-state index is 12.9. The summed E-state index contributed by atoms with van der Waals surface area (Å²) in [5, 5.41) is 10.1. The molecule has 118 valence electrons. The first-order chi connectivity index (χ1) is 11.2. The second kappa shape index (κ2) is 5.33. The van der Waals surface area contributed by atoms with Crippen LogP contribution in [0.3, 0.4) is 0 Å². The van der Waals surface area contributed by atoms with Gasteiger partial charge in [0.05, 0.1) is 17.6 Å². The minimum Gasteiger partial charge on any atom is -0.265 e. The summed E-state index contributed by atoms with van der Waals surface area (Å²) in [4.78, 5) is 12.9. The van der Waals surface area contributed by atoms with E-state index in [1.807, 2.05) is 31.2 Å². The summed E-state index contributed by atoms with van der Waals surface area (Å²) in [6.45, 7) is 4.75.